The number of nitriles is 1. The molecule has 1 saturated carbocycles. The number of nitrogens with zero attached hydrogens (tertiary/aromatic N) is 2. The van der Waals surface area contributed by atoms with E-state index in [1.165, 1.54) is 4.90 Å². The van der Waals surface area contributed by atoms with Crippen molar-refractivity contribution in [2.75, 3.05) is 18.8 Å². The molecule has 0 aliphatic heterocycles. The lowest BCUT2D eigenvalue weighted by molar-refractivity contribution is -0.130. The number of hydrogen-bond donors (Lipinski definition) is 0. The molecule has 6 heteroatoms. The molecule has 1 rings (SSSR count). The third-order valence-electron chi connectivity index (χ3n) is 3.52. The molecule has 1 fully saturated rings. The number of rotatable bonds is 7. The van der Waals surface area contributed by atoms with E-state index in [1.54, 1.807) is 0 Å². The van der Waals surface area contributed by atoms with E-state index < -0.39 is 9.84 Å². The van der Waals surface area contributed by atoms with Crippen molar-refractivity contribution in [2.45, 2.75) is 50.7 Å². The van der Waals surface area contributed by atoms with Crippen molar-refractivity contribution in [3.05, 3.63) is 0 Å². The summed E-state index contributed by atoms with van der Waals surface area (Å²) in [4.78, 5) is 13.3. The number of sulfone groups is 1. The summed E-state index contributed by atoms with van der Waals surface area (Å²) in [5.74, 6) is -0.313. The number of carbonyl (C=O) groups excluding carboxylic acids is 1. The molecule has 5 nitrogen and oxygen atoms in total. The fourth-order valence-corrected chi connectivity index (χ4v) is 4.29. The van der Waals surface area contributed by atoms with E-state index in [9.17, 15) is 13.2 Å². The van der Waals surface area contributed by atoms with E-state index in [2.05, 4.69) is 0 Å². The van der Waals surface area contributed by atoms with Gasteiger partial charge in [-0.25, -0.2) is 8.42 Å². The molecule has 0 N–H and O–H groups in total. The summed E-state index contributed by atoms with van der Waals surface area (Å²) in [7, 11) is -3.15. The maximum atomic E-state index is 12.0. The zero-order valence-electron chi connectivity index (χ0n) is 11.5. The van der Waals surface area contributed by atoms with Crippen LogP contribution >= 0.6 is 0 Å². The van der Waals surface area contributed by atoms with Gasteiger partial charge in [-0.05, 0) is 19.3 Å². The van der Waals surface area contributed by atoms with Crippen LogP contribution in [0.5, 0.6) is 0 Å². The van der Waals surface area contributed by atoms with Crippen LogP contribution in [0.2, 0.25) is 0 Å². The first kappa shape index (κ1) is 16.0. The lowest BCUT2D eigenvalue weighted by atomic mass is 10.3. The van der Waals surface area contributed by atoms with E-state index in [1.807, 2.05) is 13.0 Å². The SMILES string of the molecule is CCCN(CC#N)C(=O)CCS(=O)(=O)C1CCCC1. The Balaban J connectivity index is 2.50. The minimum atomic E-state index is -3.15. The molecule has 0 saturated heterocycles. The van der Waals surface area contributed by atoms with Crippen molar-refractivity contribution in [1.82, 2.24) is 4.90 Å². The van der Waals surface area contributed by atoms with Gasteiger partial charge in [0, 0.05) is 13.0 Å². The molecule has 1 amide bonds. The van der Waals surface area contributed by atoms with E-state index in [0.29, 0.717) is 6.54 Å². The van der Waals surface area contributed by atoms with Crippen LogP contribution in [0, 0.1) is 11.3 Å². The van der Waals surface area contributed by atoms with Crippen LogP contribution in [0.25, 0.3) is 0 Å². The standard InChI is InChI=1S/C13H22N2O3S/c1-2-9-15(10-8-14)13(16)7-11-19(17,18)12-5-3-4-6-12/h12H,2-7,9-11H2,1H3. The third kappa shape index (κ3) is 4.83. The molecule has 0 radical (unpaired) electrons. The minimum Gasteiger partial charge on any atom is -0.329 e. The summed E-state index contributed by atoms with van der Waals surface area (Å²) < 4.78 is 24.1. The highest BCUT2D eigenvalue weighted by atomic mass is 32.2. The van der Waals surface area contributed by atoms with Crippen molar-refractivity contribution in [2.24, 2.45) is 0 Å². The van der Waals surface area contributed by atoms with E-state index in [0.717, 1.165) is 32.1 Å². The van der Waals surface area contributed by atoms with Gasteiger partial charge in [0.25, 0.3) is 0 Å². The molecule has 0 spiro atoms. The van der Waals surface area contributed by atoms with Gasteiger partial charge in [0.05, 0.1) is 17.1 Å². The highest BCUT2D eigenvalue weighted by Gasteiger charge is 2.29. The van der Waals surface area contributed by atoms with Crippen LogP contribution in [0.15, 0.2) is 0 Å². The maximum Gasteiger partial charge on any atom is 0.224 e. The first-order valence-electron chi connectivity index (χ1n) is 6.87. The second-order valence-electron chi connectivity index (χ2n) is 5.00. The molecule has 0 aromatic heterocycles. The Morgan fingerprint density at radius 2 is 2.00 bits per heavy atom. The van der Waals surface area contributed by atoms with Gasteiger partial charge in [0.2, 0.25) is 5.91 Å². The van der Waals surface area contributed by atoms with Crippen LogP contribution in [0.1, 0.15) is 45.4 Å². The third-order valence-corrected chi connectivity index (χ3v) is 5.78. The fourth-order valence-electron chi connectivity index (χ4n) is 2.45. The van der Waals surface area contributed by atoms with Crippen molar-refractivity contribution in [3.63, 3.8) is 0 Å². The van der Waals surface area contributed by atoms with E-state index in [-0.39, 0.29) is 29.9 Å². The quantitative estimate of drug-likeness (QED) is 0.664. The summed E-state index contributed by atoms with van der Waals surface area (Å²) in [5.41, 5.74) is 0. The van der Waals surface area contributed by atoms with E-state index >= 15 is 0 Å². The van der Waals surface area contributed by atoms with Crippen molar-refractivity contribution < 1.29 is 13.2 Å². The van der Waals surface area contributed by atoms with Gasteiger partial charge in [-0.1, -0.05) is 19.8 Å². The molecule has 19 heavy (non-hydrogen) atoms. The van der Waals surface area contributed by atoms with Crippen LogP contribution in [0.4, 0.5) is 0 Å². The Bertz CT molecular complexity index is 433. The van der Waals surface area contributed by atoms with Gasteiger partial charge in [0.1, 0.15) is 6.54 Å². The maximum absolute atomic E-state index is 12.0. The number of hydrogen-bond acceptors (Lipinski definition) is 4. The Kier molecular flexibility index (Phi) is 6.29. The van der Waals surface area contributed by atoms with Gasteiger partial charge in [0.15, 0.2) is 9.84 Å². The minimum absolute atomic E-state index is 0.000509. The van der Waals surface area contributed by atoms with Crippen LogP contribution < -0.4 is 0 Å². The van der Waals surface area contributed by atoms with Crippen molar-refractivity contribution >= 4 is 15.7 Å². The summed E-state index contributed by atoms with van der Waals surface area (Å²) in [5, 5.41) is 8.40. The highest BCUT2D eigenvalue weighted by Crippen LogP contribution is 2.25. The zero-order chi connectivity index (χ0) is 14.3. The monoisotopic (exact) mass is 286 g/mol. The lowest BCUT2D eigenvalue weighted by Crippen LogP contribution is -2.34. The molecular formula is C13H22N2O3S. The topological polar surface area (TPSA) is 78.2 Å². The Morgan fingerprint density at radius 3 is 2.53 bits per heavy atom. The zero-order valence-corrected chi connectivity index (χ0v) is 12.3. The summed E-state index contributed by atoms with van der Waals surface area (Å²) in [6.45, 7) is 2.47. The average Bonchev–Trinajstić information content (AvgIpc) is 2.90. The first-order chi connectivity index (χ1) is 9.01. The van der Waals surface area contributed by atoms with Crippen LogP contribution in [-0.2, 0) is 14.6 Å². The molecule has 0 aromatic carbocycles. The molecule has 1 aliphatic rings. The lowest BCUT2D eigenvalue weighted by Gasteiger charge is -2.19. The summed E-state index contributed by atoms with van der Waals surface area (Å²) in [6.07, 6.45) is 4.16. The Morgan fingerprint density at radius 1 is 1.37 bits per heavy atom. The highest BCUT2D eigenvalue weighted by molar-refractivity contribution is 7.92. The second-order valence-corrected chi connectivity index (χ2v) is 7.40. The summed E-state index contributed by atoms with van der Waals surface area (Å²) in [6, 6.07) is 1.94. The second kappa shape index (κ2) is 7.49. The van der Waals surface area contributed by atoms with Gasteiger partial charge < -0.3 is 4.90 Å². The van der Waals surface area contributed by atoms with Crippen LogP contribution in [0.3, 0.4) is 0 Å². The molecule has 0 unspecified atom stereocenters. The number of carbonyl (C=O) groups is 1. The molecule has 0 aromatic rings. The Labute approximate surface area is 115 Å². The van der Waals surface area contributed by atoms with Gasteiger partial charge in [-0.2, -0.15) is 5.26 Å². The molecule has 0 atom stereocenters. The largest absolute Gasteiger partial charge is 0.329 e. The van der Waals surface area contributed by atoms with Gasteiger partial charge in [-0.15, -0.1) is 0 Å². The first-order valence-corrected chi connectivity index (χ1v) is 8.59. The van der Waals surface area contributed by atoms with E-state index in [4.69, 9.17) is 5.26 Å². The predicted octanol–water partition coefficient (Wildman–Crippen LogP) is 1.50. The van der Waals surface area contributed by atoms with Gasteiger partial charge >= 0.3 is 0 Å². The smallest absolute Gasteiger partial charge is 0.224 e. The normalized spacial score (nSPS) is 16.2. The van der Waals surface area contributed by atoms with Crippen molar-refractivity contribution in [3.8, 4) is 6.07 Å². The molecular weight excluding hydrogens is 264 g/mol. The van der Waals surface area contributed by atoms with Crippen molar-refractivity contribution in [1.29, 1.82) is 5.26 Å². The Hall–Kier alpha value is -1.09. The fraction of sp³-hybridized carbons (Fsp3) is 0.846. The molecule has 108 valence electrons. The van der Waals surface area contributed by atoms with Gasteiger partial charge in [-0.3, -0.25) is 4.79 Å². The van der Waals surface area contributed by atoms with Crippen LogP contribution in [-0.4, -0.2) is 43.3 Å². The predicted molar refractivity (Wildman–Crippen MR) is 73.1 cm³/mol. The molecule has 0 bridgehead atoms. The number of amides is 1. The average molecular weight is 286 g/mol. The molecule has 0 heterocycles. The summed E-state index contributed by atoms with van der Waals surface area (Å²) >= 11 is 0. The molecule has 1 aliphatic carbocycles.